The topological polar surface area (TPSA) is 32.3 Å². The molecular weight excluding hydrogens is 214 g/mol. The first-order valence-electron chi connectivity index (χ1n) is 5.04. The average Bonchev–Trinajstić information content (AvgIpc) is 2.32. The Morgan fingerprint density at radius 2 is 2.12 bits per heavy atom. The molecule has 2 rings (SSSR count). The molecule has 0 aliphatic carbocycles. The molecule has 0 radical (unpaired) electrons. The number of para-hydroxylation sites is 1. The van der Waals surface area contributed by atoms with Crippen LogP contribution in [0.3, 0.4) is 0 Å². The maximum atomic E-state index is 13.6. The van der Waals surface area contributed by atoms with Crippen molar-refractivity contribution in [2.45, 2.75) is 12.6 Å². The lowest BCUT2D eigenvalue weighted by molar-refractivity contribution is 0.112. The molecule has 1 N–H and O–H groups in total. The van der Waals surface area contributed by atoms with Gasteiger partial charge in [-0.05, 0) is 12.1 Å². The fourth-order valence-corrected chi connectivity index (χ4v) is 1.78. The second-order valence-corrected chi connectivity index (χ2v) is 3.64. The van der Waals surface area contributed by atoms with Crippen LogP contribution in [0.5, 0.6) is 0 Å². The van der Waals surface area contributed by atoms with Gasteiger partial charge in [-0.15, -0.1) is 0 Å². The largest absolute Gasteiger partial charge is 0.336 e. The van der Waals surface area contributed by atoms with Crippen molar-refractivity contribution in [1.82, 2.24) is 5.32 Å². The summed E-state index contributed by atoms with van der Waals surface area (Å²) >= 11 is 0. The second kappa shape index (κ2) is 4.57. The molecule has 0 aromatic heterocycles. The first kappa shape index (κ1) is 11.0. The highest BCUT2D eigenvalue weighted by Crippen LogP contribution is 2.23. The van der Waals surface area contributed by atoms with Gasteiger partial charge in [-0.1, -0.05) is 12.1 Å². The number of carbonyl (C=O) groups is 1. The number of nitrogens with zero attached hydrogens (tertiary/aromatic N) is 1. The van der Waals surface area contributed by atoms with Crippen molar-refractivity contribution in [2.24, 2.45) is 0 Å². The number of halogens is 2. The monoisotopic (exact) mass is 226 g/mol. The number of benzene rings is 1. The van der Waals surface area contributed by atoms with Crippen LogP contribution in [-0.4, -0.2) is 32.0 Å². The molecule has 2 atom stereocenters. The van der Waals surface area contributed by atoms with E-state index in [0.29, 0.717) is 17.5 Å². The molecule has 1 aliphatic heterocycles. The van der Waals surface area contributed by atoms with Crippen LogP contribution in [0, 0.1) is 0 Å². The van der Waals surface area contributed by atoms with Gasteiger partial charge in [0.15, 0.2) is 18.9 Å². The molecule has 2 unspecified atom stereocenters. The van der Waals surface area contributed by atoms with Crippen LogP contribution in [0.1, 0.15) is 10.4 Å². The van der Waals surface area contributed by atoms with E-state index in [1.165, 1.54) is 4.90 Å². The summed E-state index contributed by atoms with van der Waals surface area (Å²) in [5, 5.41) is 2.40. The summed E-state index contributed by atoms with van der Waals surface area (Å²) in [6.07, 6.45) is -1.93. The lowest BCUT2D eigenvalue weighted by atomic mass is 10.1. The number of piperazine rings is 1. The molecule has 1 aromatic rings. The number of hydrogen-bond donors (Lipinski definition) is 1. The van der Waals surface area contributed by atoms with Crippen molar-refractivity contribution < 1.29 is 13.6 Å². The Labute approximate surface area is 92.1 Å². The van der Waals surface area contributed by atoms with Crippen molar-refractivity contribution in [3.63, 3.8) is 0 Å². The Balaban J connectivity index is 2.30. The predicted octanol–water partition coefficient (Wildman–Crippen LogP) is 1.50. The zero-order valence-electron chi connectivity index (χ0n) is 8.57. The van der Waals surface area contributed by atoms with E-state index in [9.17, 15) is 13.6 Å². The molecule has 5 heteroatoms. The minimum absolute atomic E-state index is 0.0750. The van der Waals surface area contributed by atoms with Crippen molar-refractivity contribution in [3.8, 4) is 0 Å². The minimum atomic E-state index is -1.31. The van der Waals surface area contributed by atoms with Gasteiger partial charge in [0.05, 0.1) is 6.54 Å². The van der Waals surface area contributed by atoms with E-state index in [0.717, 1.165) is 0 Å². The molecule has 1 heterocycles. The highest BCUT2D eigenvalue weighted by molar-refractivity contribution is 5.84. The molecule has 1 aromatic carbocycles. The molecule has 0 saturated carbocycles. The van der Waals surface area contributed by atoms with Crippen LogP contribution in [-0.2, 0) is 0 Å². The molecule has 1 saturated heterocycles. The summed E-state index contributed by atoms with van der Waals surface area (Å²) in [4.78, 5) is 12.1. The fourth-order valence-electron chi connectivity index (χ4n) is 1.78. The Kier molecular flexibility index (Phi) is 3.14. The summed E-state index contributed by atoms with van der Waals surface area (Å²) in [5.74, 6) is 0. The maximum Gasteiger partial charge on any atom is 0.185 e. The number of alkyl halides is 2. The number of aldehydes is 1. The smallest absolute Gasteiger partial charge is 0.185 e. The summed E-state index contributed by atoms with van der Waals surface area (Å²) in [5.41, 5.74) is 0.813. The normalized spacial score (nSPS) is 25.5. The van der Waals surface area contributed by atoms with Crippen LogP contribution >= 0.6 is 0 Å². The summed E-state index contributed by atoms with van der Waals surface area (Å²) in [6, 6.07) is 6.60. The Hall–Kier alpha value is -1.49. The van der Waals surface area contributed by atoms with Gasteiger partial charge >= 0.3 is 0 Å². The van der Waals surface area contributed by atoms with Crippen LogP contribution in [0.2, 0.25) is 0 Å². The van der Waals surface area contributed by atoms with Gasteiger partial charge in [-0.25, -0.2) is 8.78 Å². The standard InChI is InChI=1S/C11H12F2N2O/c12-10-6-15(11(13)5-14-10)9-4-2-1-3-8(9)7-16/h1-4,7,10-11,14H,5-6H2. The predicted molar refractivity (Wildman–Crippen MR) is 57.0 cm³/mol. The molecule has 0 bridgehead atoms. The average molecular weight is 226 g/mol. The third kappa shape index (κ3) is 2.04. The molecule has 0 spiro atoms. The third-order valence-corrected chi connectivity index (χ3v) is 2.58. The van der Waals surface area contributed by atoms with E-state index in [2.05, 4.69) is 5.32 Å². The van der Waals surface area contributed by atoms with Crippen molar-refractivity contribution in [3.05, 3.63) is 29.8 Å². The second-order valence-electron chi connectivity index (χ2n) is 3.64. The van der Waals surface area contributed by atoms with E-state index in [4.69, 9.17) is 0 Å². The molecule has 16 heavy (non-hydrogen) atoms. The third-order valence-electron chi connectivity index (χ3n) is 2.58. The highest BCUT2D eigenvalue weighted by Gasteiger charge is 2.28. The summed E-state index contributed by atoms with van der Waals surface area (Å²) in [7, 11) is 0. The first-order valence-corrected chi connectivity index (χ1v) is 5.04. The summed E-state index contributed by atoms with van der Waals surface area (Å²) < 4.78 is 26.7. The molecule has 1 fully saturated rings. The van der Waals surface area contributed by atoms with Gasteiger partial charge in [0.2, 0.25) is 0 Å². The maximum absolute atomic E-state index is 13.6. The van der Waals surface area contributed by atoms with Crippen molar-refractivity contribution >= 4 is 12.0 Å². The van der Waals surface area contributed by atoms with Crippen LogP contribution in [0.15, 0.2) is 24.3 Å². The van der Waals surface area contributed by atoms with Gasteiger partial charge in [0, 0.05) is 17.8 Å². The van der Waals surface area contributed by atoms with Gasteiger partial charge in [0.1, 0.15) is 0 Å². The number of nitrogens with one attached hydrogen (secondary N) is 1. The molecule has 0 amide bonds. The first-order chi connectivity index (χ1) is 7.72. The van der Waals surface area contributed by atoms with Crippen LogP contribution in [0.4, 0.5) is 14.5 Å². The fraction of sp³-hybridized carbons (Fsp3) is 0.364. The zero-order valence-corrected chi connectivity index (χ0v) is 8.57. The molecule has 3 nitrogen and oxygen atoms in total. The Bertz CT molecular complexity index is 386. The lowest BCUT2D eigenvalue weighted by Gasteiger charge is -2.35. The Morgan fingerprint density at radius 1 is 1.38 bits per heavy atom. The molecule has 86 valence electrons. The quantitative estimate of drug-likeness (QED) is 0.612. The summed E-state index contributed by atoms with van der Waals surface area (Å²) in [6.45, 7) is -0.166. The van der Waals surface area contributed by atoms with E-state index in [1.807, 2.05) is 0 Å². The number of carbonyl (C=O) groups excluding carboxylic acids is 1. The van der Waals surface area contributed by atoms with Gasteiger partial charge < -0.3 is 4.90 Å². The lowest BCUT2D eigenvalue weighted by Crippen LogP contribution is -2.53. The Morgan fingerprint density at radius 3 is 2.88 bits per heavy atom. The minimum Gasteiger partial charge on any atom is -0.336 e. The van der Waals surface area contributed by atoms with Gasteiger partial charge in [0.25, 0.3) is 0 Å². The van der Waals surface area contributed by atoms with E-state index < -0.39 is 12.6 Å². The number of rotatable bonds is 2. The van der Waals surface area contributed by atoms with E-state index in [-0.39, 0.29) is 13.1 Å². The van der Waals surface area contributed by atoms with Crippen LogP contribution in [0.25, 0.3) is 0 Å². The van der Waals surface area contributed by atoms with E-state index >= 15 is 0 Å². The van der Waals surface area contributed by atoms with Crippen LogP contribution < -0.4 is 10.2 Å². The van der Waals surface area contributed by atoms with E-state index in [1.54, 1.807) is 24.3 Å². The number of anilines is 1. The SMILES string of the molecule is O=Cc1ccccc1N1CC(F)NCC1F. The molecule has 1 aliphatic rings. The number of hydrogen-bond acceptors (Lipinski definition) is 3. The highest BCUT2D eigenvalue weighted by atomic mass is 19.1. The van der Waals surface area contributed by atoms with Gasteiger partial charge in [-0.3, -0.25) is 10.1 Å². The zero-order chi connectivity index (χ0) is 11.5. The van der Waals surface area contributed by atoms with Gasteiger partial charge in [-0.2, -0.15) is 0 Å². The van der Waals surface area contributed by atoms with Crippen molar-refractivity contribution in [1.29, 1.82) is 0 Å². The van der Waals surface area contributed by atoms with Crippen molar-refractivity contribution in [2.75, 3.05) is 18.0 Å². The molecular formula is C11H12F2N2O.